The molecular formula is C22H12ClFN2O2S. The number of halogens is 2. The monoisotopic (exact) mass is 422 g/mol. The van der Waals surface area contributed by atoms with Crippen molar-refractivity contribution in [2.24, 2.45) is 0 Å². The van der Waals surface area contributed by atoms with Crippen molar-refractivity contribution in [1.29, 1.82) is 0 Å². The quantitative estimate of drug-likeness (QED) is 0.349. The predicted molar refractivity (Wildman–Crippen MR) is 114 cm³/mol. The average molecular weight is 423 g/mol. The molecule has 1 N–H and O–H groups in total. The summed E-state index contributed by atoms with van der Waals surface area (Å²) in [5.41, 5.74) is 2.21. The van der Waals surface area contributed by atoms with Gasteiger partial charge in [0.1, 0.15) is 16.2 Å². The zero-order valence-corrected chi connectivity index (χ0v) is 16.4. The van der Waals surface area contributed by atoms with Crippen LogP contribution in [0.4, 0.5) is 10.1 Å². The normalized spacial score (nSPS) is 11.2. The lowest BCUT2D eigenvalue weighted by Gasteiger charge is -2.03. The number of carbonyl (C=O) groups is 1. The van der Waals surface area contributed by atoms with Crippen LogP contribution < -0.4 is 5.32 Å². The number of thiophene rings is 1. The molecule has 3 aromatic carbocycles. The minimum Gasteiger partial charge on any atom is -0.436 e. The molecule has 0 aliphatic heterocycles. The van der Waals surface area contributed by atoms with E-state index >= 15 is 0 Å². The Morgan fingerprint density at radius 2 is 1.93 bits per heavy atom. The molecule has 0 aliphatic carbocycles. The fraction of sp³-hybridized carbons (Fsp3) is 0. The molecule has 2 heterocycles. The van der Waals surface area contributed by atoms with Gasteiger partial charge in [0.25, 0.3) is 5.91 Å². The van der Waals surface area contributed by atoms with Crippen molar-refractivity contribution < 1.29 is 13.6 Å². The van der Waals surface area contributed by atoms with Crippen LogP contribution in [-0.4, -0.2) is 10.9 Å². The van der Waals surface area contributed by atoms with E-state index in [4.69, 9.17) is 16.0 Å². The minimum atomic E-state index is -0.363. The maximum absolute atomic E-state index is 13.5. The van der Waals surface area contributed by atoms with Crippen LogP contribution in [0.15, 0.2) is 71.1 Å². The van der Waals surface area contributed by atoms with Gasteiger partial charge in [-0.15, -0.1) is 11.3 Å². The van der Waals surface area contributed by atoms with Crippen LogP contribution in [0.1, 0.15) is 9.67 Å². The summed E-state index contributed by atoms with van der Waals surface area (Å²) in [6.45, 7) is 0. The molecule has 0 atom stereocenters. The van der Waals surface area contributed by atoms with Crippen molar-refractivity contribution in [2.45, 2.75) is 0 Å². The molecule has 5 aromatic rings. The first-order valence-corrected chi connectivity index (χ1v) is 9.93. The fourth-order valence-corrected chi connectivity index (χ4v) is 4.51. The Hall–Kier alpha value is -3.22. The highest BCUT2D eigenvalue weighted by Gasteiger charge is 2.17. The van der Waals surface area contributed by atoms with Gasteiger partial charge in [0.05, 0.1) is 5.02 Å². The molecule has 142 valence electrons. The summed E-state index contributed by atoms with van der Waals surface area (Å²) in [7, 11) is 0. The van der Waals surface area contributed by atoms with Gasteiger partial charge in [-0.05, 0) is 42.5 Å². The molecule has 7 heteroatoms. The van der Waals surface area contributed by atoms with Gasteiger partial charge < -0.3 is 9.73 Å². The summed E-state index contributed by atoms with van der Waals surface area (Å²) in [5.74, 6) is -0.335. The summed E-state index contributed by atoms with van der Waals surface area (Å²) in [5, 5.41) is 4.16. The molecule has 5 rings (SSSR count). The molecule has 0 aliphatic rings. The zero-order chi connectivity index (χ0) is 20.0. The van der Waals surface area contributed by atoms with E-state index in [-0.39, 0.29) is 11.7 Å². The smallest absolute Gasteiger partial charge is 0.267 e. The van der Waals surface area contributed by atoms with Gasteiger partial charge in [0, 0.05) is 21.3 Å². The van der Waals surface area contributed by atoms with Crippen molar-refractivity contribution in [3.63, 3.8) is 0 Å². The SMILES string of the molecule is O=C(Nc1ccc2oc(-c3cccc(F)c3)nc2c1)c1sc2ccccc2c1Cl. The maximum Gasteiger partial charge on any atom is 0.267 e. The van der Waals surface area contributed by atoms with Crippen molar-refractivity contribution >= 4 is 55.7 Å². The van der Waals surface area contributed by atoms with Gasteiger partial charge in [-0.2, -0.15) is 0 Å². The first kappa shape index (κ1) is 17.8. The van der Waals surface area contributed by atoms with Gasteiger partial charge in [0.2, 0.25) is 5.89 Å². The first-order valence-electron chi connectivity index (χ1n) is 8.73. The molecule has 0 fully saturated rings. The third-order valence-electron chi connectivity index (χ3n) is 4.46. The molecule has 0 spiro atoms. The number of benzene rings is 3. The van der Waals surface area contributed by atoms with Gasteiger partial charge in [-0.25, -0.2) is 9.37 Å². The highest BCUT2D eigenvalue weighted by Crippen LogP contribution is 2.35. The van der Waals surface area contributed by atoms with Crippen LogP contribution in [0.25, 0.3) is 32.6 Å². The summed E-state index contributed by atoms with van der Waals surface area (Å²) in [4.78, 5) is 17.6. The second-order valence-corrected chi connectivity index (χ2v) is 7.84. The lowest BCUT2D eigenvalue weighted by Crippen LogP contribution is -2.10. The number of oxazole rings is 1. The van der Waals surface area contributed by atoms with Crippen molar-refractivity contribution in [1.82, 2.24) is 4.98 Å². The standard InChI is InChI=1S/C22H12ClFN2O2S/c23-19-15-6-1-2-7-18(15)29-20(19)21(27)25-14-8-9-17-16(11-14)26-22(28-17)12-4-3-5-13(24)10-12/h1-11H,(H,25,27). The topological polar surface area (TPSA) is 55.1 Å². The second-order valence-electron chi connectivity index (χ2n) is 6.41. The highest BCUT2D eigenvalue weighted by atomic mass is 35.5. The fourth-order valence-electron chi connectivity index (χ4n) is 3.10. The van der Waals surface area contributed by atoms with Crippen LogP contribution in [0.5, 0.6) is 0 Å². The Balaban J connectivity index is 1.45. The van der Waals surface area contributed by atoms with Gasteiger partial charge >= 0.3 is 0 Å². The van der Waals surface area contributed by atoms with Gasteiger partial charge in [0.15, 0.2) is 5.58 Å². The van der Waals surface area contributed by atoms with E-state index in [1.165, 1.54) is 23.5 Å². The number of aromatic nitrogens is 1. The Morgan fingerprint density at radius 1 is 1.07 bits per heavy atom. The summed E-state index contributed by atoms with van der Waals surface area (Å²) < 4.78 is 20.1. The molecule has 0 saturated carbocycles. The Labute approximate surface area is 173 Å². The van der Waals surface area contributed by atoms with E-state index in [1.54, 1.807) is 30.3 Å². The predicted octanol–water partition coefficient (Wildman–Crippen LogP) is 6.75. The van der Waals surface area contributed by atoms with Crippen LogP contribution >= 0.6 is 22.9 Å². The molecule has 0 saturated heterocycles. The Kier molecular flexibility index (Phi) is 4.30. The lowest BCUT2D eigenvalue weighted by molar-refractivity contribution is 0.103. The number of hydrogen-bond acceptors (Lipinski definition) is 4. The van der Waals surface area contributed by atoms with E-state index in [9.17, 15) is 9.18 Å². The summed E-state index contributed by atoms with van der Waals surface area (Å²) >= 11 is 7.73. The van der Waals surface area contributed by atoms with Crippen LogP contribution in [0, 0.1) is 5.82 Å². The first-order chi connectivity index (χ1) is 14.1. The number of rotatable bonds is 3. The number of amides is 1. The second kappa shape index (κ2) is 6.99. The highest BCUT2D eigenvalue weighted by molar-refractivity contribution is 7.21. The van der Waals surface area contributed by atoms with E-state index in [0.29, 0.717) is 38.1 Å². The third-order valence-corrected chi connectivity index (χ3v) is 6.13. The van der Waals surface area contributed by atoms with Crippen molar-refractivity contribution in [3.05, 3.63) is 82.4 Å². The molecule has 4 nitrogen and oxygen atoms in total. The van der Waals surface area contributed by atoms with Gasteiger partial charge in [-0.1, -0.05) is 35.9 Å². The Bertz CT molecular complexity index is 1390. The third kappa shape index (κ3) is 3.26. The van der Waals surface area contributed by atoms with E-state index in [1.807, 2.05) is 24.3 Å². The van der Waals surface area contributed by atoms with E-state index < -0.39 is 0 Å². The molecule has 1 amide bonds. The lowest BCUT2D eigenvalue weighted by atomic mass is 10.2. The molecular weight excluding hydrogens is 411 g/mol. The average Bonchev–Trinajstić information content (AvgIpc) is 3.29. The van der Waals surface area contributed by atoms with Crippen molar-refractivity contribution in [2.75, 3.05) is 5.32 Å². The minimum absolute atomic E-state index is 0.288. The number of nitrogens with zero attached hydrogens (tertiary/aromatic N) is 1. The number of nitrogens with one attached hydrogen (secondary N) is 1. The summed E-state index contributed by atoms with van der Waals surface area (Å²) in [6, 6.07) is 18.8. The van der Waals surface area contributed by atoms with Crippen LogP contribution in [0.2, 0.25) is 5.02 Å². The van der Waals surface area contributed by atoms with Crippen molar-refractivity contribution in [3.8, 4) is 11.5 Å². The zero-order valence-electron chi connectivity index (χ0n) is 14.8. The largest absolute Gasteiger partial charge is 0.436 e. The molecule has 2 aromatic heterocycles. The molecule has 29 heavy (non-hydrogen) atoms. The number of fused-ring (bicyclic) bond motifs is 2. The Morgan fingerprint density at radius 3 is 2.76 bits per heavy atom. The number of carbonyl (C=O) groups excluding carboxylic acids is 1. The van der Waals surface area contributed by atoms with Gasteiger partial charge in [-0.3, -0.25) is 4.79 Å². The van der Waals surface area contributed by atoms with E-state index in [0.717, 1.165) is 10.1 Å². The molecule has 0 bridgehead atoms. The number of hydrogen-bond donors (Lipinski definition) is 1. The summed E-state index contributed by atoms with van der Waals surface area (Å²) in [6.07, 6.45) is 0. The molecule has 0 unspecified atom stereocenters. The maximum atomic E-state index is 13.5. The van der Waals surface area contributed by atoms with Crippen LogP contribution in [0.3, 0.4) is 0 Å². The number of anilines is 1. The van der Waals surface area contributed by atoms with E-state index in [2.05, 4.69) is 10.3 Å². The molecule has 0 radical (unpaired) electrons. The van der Waals surface area contributed by atoms with Crippen LogP contribution in [-0.2, 0) is 0 Å².